The van der Waals surface area contributed by atoms with Crippen LogP contribution in [0.5, 0.6) is 0 Å². The fraction of sp³-hybridized carbons (Fsp3) is 0.333. The van der Waals surface area contributed by atoms with E-state index in [4.69, 9.17) is 0 Å². The van der Waals surface area contributed by atoms with Gasteiger partial charge in [-0.25, -0.2) is 4.98 Å². The van der Waals surface area contributed by atoms with Crippen LogP contribution in [0.4, 0.5) is 0 Å². The molecular weight excluding hydrogens is 270 g/mol. The maximum absolute atomic E-state index is 12.1. The molecule has 1 aromatic heterocycles. The van der Waals surface area contributed by atoms with Crippen molar-refractivity contribution in [2.45, 2.75) is 13.8 Å². The number of likely N-dealkylation sites (N-methyl/N-ethyl adjacent to an activating group) is 1. The number of aryl methyl sites for hydroxylation is 1. The molecular formula is C15H19N3OS. The molecule has 0 aliphatic heterocycles. The molecule has 0 radical (unpaired) electrons. The largest absolute Gasteiger partial charge is 0.350 e. The fourth-order valence-electron chi connectivity index (χ4n) is 1.83. The average molecular weight is 289 g/mol. The van der Waals surface area contributed by atoms with Crippen LogP contribution < -0.4 is 10.6 Å². The number of carbonyl (C=O) groups excluding carboxylic acids is 1. The summed E-state index contributed by atoms with van der Waals surface area (Å²) >= 11 is 1.44. The van der Waals surface area contributed by atoms with Crippen LogP contribution in [0, 0.1) is 6.92 Å². The van der Waals surface area contributed by atoms with E-state index in [2.05, 4.69) is 15.6 Å². The first kappa shape index (κ1) is 14.7. The molecule has 1 heterocycles. The Morgan fingerprint density at radius 1 is 1.25 bits per heavy atom. The highest BCUT2D eigenvalue weighted by molar-refractivity contribution is 7.17. The van der Waals surface area contributed by atoms with Crippen LogP contribution in [0.25, 0.3) is 10.6 Å². The molecule has 1 amide bonds. The quantitative estimate of drug-likeness (QED) is 0.803. The number of nitrogens with one attached hydrogen (secondary N) is 2. The molecule has 1 aromatic carbocycles. The van der Waals surface area contributed by atoms with Gasteiger partial charge in [-0.15, -0.1) is 11.3 Å². The number of thiazole rings is 1. The van der Waals surface area contributed by atoms with E-state index >= 15 is 0 Å². The molecule has 5 heteroatoms. The van der Waals surface area contributed by atoms with Gasteiger partial charge in [-0.3, -0.25) is 4.79 Å². The number of carbonyl (C=O) groups is 1. The Balaban J connectivity index is 2.06. The molecule has 0 atom stereocenters. The summed E-state index contributed by atoms with van der Waals surface area (Å²) in [5, 5.41) is 6.97. The summed E-state index contributed by atoms with van der Waals surface area (Å²) in [4.78, 5) is 17.3. The Hall–Kier alpha value is -1.72. The van der Waals surface area contributed by atoms with E-state index in [-0.39, 0.29) is 5.91 Å². The Kier molecular flexibility index (Phi) is 5.26. The molecule has 0 aliphatic carbocycles. The topological polar surface area (TPSA) is 54.0 Å². The van der Waals surface area contributed by atoms with Gasteiger partial charge in [0.25, 0.3) is 5.91 Å². The molecule has 0 bridgehead atoms. The van der Waals surface area contributed by atoms with Crippen LogP contribution >= 0.6 is 11.3 Å². The van der Waals surface area contributed by atoms with Crippen molar-refractivity contribution in [2.75, 3.05) is 19.6 Å². The van der Waals surface area contributed by atoms with Crippen LogP contribution in [0.15, 0.2) is 30.3 Å². The highest BCUT2D eigenvalue weighted by atomic mass is 32.1. The van der Waals surface area contributed by atoms with Crippen molar-refractivity contribution in [2.24, 2.45) is 0 Å². The number of amides is 1. The van der Waals surface area contributed by atoms with Gasteiger partial charge in [0, 0.05) is 18.7 Å². The third-order valence-corrected chi connectivity index (χ3v) is 4.07. The molecule has 0 saturated carbocycles. The predicted molar refractivity (Wildman–Crippen MR) is 83.2 cm³/mol. The fourth-order valence-corrected chi connectivity index (χ4v) is 2.82. The molecule has 0 saturated heterocycles. The smallest absolute Gasteiger partial charge is 0.263 e. The van der Waals surface area contributed by atoms with E-state index in [1.54, 1.807) is 0 Å². The van der Waals surface area contributed by atoms with E-state index in [9.17, 15) is 4.79 Å². The van der Waals surface area contributed by atoms with Crippen LogP contribution in [0.3, 0.4) is 0 Å². The first-order valence-electron chi connectivity index (χ1n) is 6.74. The minimum absolute atomic E-state index is 0.0416. The first-order chi connectivity index (χ1) is 9.72. The maximum atomic E-state index is 12.1. The number of aromatic nitrogens is 1. The van der Waals surface area contributed by atoms with Gasteiger partial charge in [0.05, 0.1) is 5.69 Å². The summed E-state index contributed by atoms with van der Waals surface area (Å²) < 4.78 is 0. The predicted octanol–water partition coefficient (Wildman–Crippen LogP) is 2.46. The number of benzene rings is 1. The number of rotatable bonds is 6. The number of hydrogen-bond acceptors (Lipinski definition) is 4. The molecule has 2 aromatic rings. The summed E-state index contributed by atoms with van der Waals surface area (Å²) in [6, 6.07) is 9.93. The minimum atomic E-state index is -0.0416. The number of nitrogens with zero attached hydrogens (tertiary/aromatic N) is 1. The Bertz CT molecular complexity index is 566. The van der Waals surface area contributed by atoms with Crippen LogP contribution in [0.1, 0.15) is 22.3 Å². The third kappa shape index (κ3) is 3.65. The Morgan fingerprint density at radius 2 is 2.00 bits per heavy atom. The zero-order chi connectivity index (χ0) is 14.4. The Labute approximate surface area is 123 Å². The summed E-state index contributed by atoms with van der Waals surface area (Å²) in [5.41, 5.74) is 1.84. The second-order valence-corrected chi connectivity index (χ2v) is 5.41. The van der Waals surface area contributed by atoms with Crippen LogP contribution in [-0.2, 0) is 0 Å². The zero-order valence-corrected chi connectivity index (χ0v) is 12.6. The highest BCUT2D eigenvalue weighted by Crippen LogP contribution is 2.27. The molecule has 0 aliphatic rings. The van der Waals surface area contributed by atoms with Gasteiger partial charge in [0.1, 0.15) is 9.88 Å². The molecule has 20 heavy (non-hydrogen) atoms. The first-order valence-corrected chi connectivity index (χ1v) is 7.55. The van der Waals surface area contributed by atoms with Crippen LogP contribution in [0.2, 0.25) is 0 Å². The molecule has 0 fully saturated rings. The van der Waals surface area contributed by atoms with E-state index in [1.807, 2.05) is 44.2 Å². The average Bonchev–Trinajstić information content (AvgIpc) is 2.86. The molecule has 0 spiro atoms. The molecule has 4 nitrogen and oxygen atoms in total. The van der Waals surface area contributed by atoms with Gasteiger partial charge >= 0.3 is 0 Å². The molecule has 2 rings (SSSR count). The lowest BCUT2D eigenvalue weighted by molar-refractivity contribution is 0.0957. The van der Waals surface area contributed by atoms with E-state index in [1.165, 1.54) is 11.3 Å². The van der Waals surface area contributed by atoms with Crippen LogP contribution in [-0.4, -0.2) is 30.5 Å². The third-order valence-electron chi connectivity index (χ3n) is 2.86. The minimum Gasteiger partial charge on any atom is -0.350 e. The van der Waals surface area contributed by atoms with Gasteiger partial charge in [-0.2, -0.15) is 0 Å². The van der Waals surface area contributed by atoms with E-state index in [0.29, 0.717) is 11.4 Å². The van der Waals surface area contributed by atoms with Gasteiger partial charge in [-0.1, -0.05) is 37.3 Å². The lowest BCUT2D eigenvalue weighted by atomic mass is 10.2. The van der Waals surface area contributed by atoms with E-state index in [0.717, 1.165) is 29.4 Å². The Morgan fingerprint density at radius 3 is 2.70 bits per heavy atom. The van der Waals surface area contributed by atoms with Gasteiger partial charge in [-0.05, 0) is 13.5 Å². The van der Waals surface area contributed by atoms with Gasteiger partial charge < -0.3 is 10.6 Å². The maximum Gasteiger partial charge on any atom is 0.263 e. The lowest BCUT2D eigenvalue weighted by Gasteiger charge is -2.03. The molecule has 2 N–H and O–H groups in total. The van der Waals surface area contributed by atoms with Crippen molar-refractivity contribution >= 4 is 17.2 Å². The SMILES string of the molecule is CCNCCNC(=O)c1sc(-c2ccccc2)nc1C. The monoisotopic (exact) mass is 289 g/mol. The summed E-state index contributed by atoms with van der Waals surface area (Å²) in [6.07, 6.45) is 0. The summed E-state index contributed by atoms with van der Waals surface area (Å²) in [5.74, 6) is -0.0416. The van der Waals surface area contributed by atoms with Crippen molar-refractivity contribution in [1.82, 2.24) is 15.6 Å². The second-order valence-electron chi connectivity index (χ2n) is 4.41. The van der Waals surface area contributed by atoms with Crippen molar-refractivity contribution in [3.8, 4) is 10.6 Å². The van der Waals surface area contributed by atoms with Crippen molar-refractivity contribution in [3.05, 3.63) is 40.9 Å². The molecule has 0 unspecified atom stereocenters. The standard InChI is InChI=1S/C15H19N3OS/c1-3-16-9-10-17-14(19)13-11(2)18-15(20-13)12-7-5-4-6-8-12/h4-8,16H,3,9-10H2,1-2H3,(H,17,19). The summed E-state index contributed by atoms with van der Waals surface area (Å²) in [6.45, 7) is 6.24. The van der Waals surface area contributed by atoms with Crippen molar-refractivity contribution in [1.29, 1.82) is 0 Å². The van der Waals surface area contributed by atoms with E-state index < -0.39 is 0 Å². The summed E-state index contributed by atoms with van der Waals surface area (Å²) in [7, 11) is 0. The van der Waals surface area contributed by atoms with Gasteiger partial charge in [0.2, 0.25) is 0 Å². The van der Waals surface area contributed by atoms with Gasteiger partial charge in [0.15, 0.2) is 0 Å². The van der Waals surface area contributed by atoms with Crippen molar-refractivity contribution in [3.63, 3.8) is 0 Å². The second kappa shape index (κ2) is 7.17. The highest BCUT2D eigenvalue weighted by Gasteiger charge is 2.15. The molecule has 106 valence electrons. The number of hydrogen-bond donors (Lipinski definition) is 2. The normalized spacial score (nSPS) is 10.5. The van der Waals surface area contributed by atoms with Crippen molar-refractivity contribution < 1.29 is 4.79 Å². The zero-order valence-electron chi connectivity index (χ0n) is 11.8. The lowest BCUT2D eigenvalue weighted by Crippen LogP contribution is -2.31.